The van der Waals surface area contributed by atoms with E-state index in [0.29, 0.717) is 5.82 Å². The second-order valence-electron chi connectivity index (χ2n) is 18.4. The largest absolute Gasteiger partial charge is 0.456 e. The van der Waals surface area contributed by atoms with Gasteiger partial charge in [-0.2, -0.15) is 0 Å². The van der Waals surface area contributed by atoms with E-state index in [9.17, 15) is 0 Å². The van der Waals surface area contributed by atoms with Gasteiger partial charge in [0.1, 0.15) is 22.3 Å². The van der Waals surface area contributed by atoms with Crippen LogP contribution in [0.15, 0.2) is 215 Å². The molecule has 0 aliphatic heterocycles. The molecule has 0 saturated heterocycles. The first-order valence-corrected chi connectivity index (χ1v) is 23.0. The second kappa shape index (κ2) is 14.2. The van der Waals surface area contributed by atoms with Crippen LogP contribution in [0.25, 0.3) is 133 Å². The van der Waals surface area contributed by atoms with Crippen LogP contribution in [-0.4, -0.2) is 9.97 Å². The Kier molecular flexibility index (Phi) is 8.00. The van der Waals surface area contributed by atoms with Crippen LogP contribution in [0.5, 0.6) is 0 Å². The van der Waals surface area contributed by atoms with Crippen molar-refractivity contribution in [1.29, 1.82) is 0 Å². The number of furan rings is 2. The standard InChI is InChI=1S/C63H40N2O2/c1-63(2)52-26-13-25-48(60(52)50-32-38-17-6-7-18-39(38)33-53(50)63)55-36-54(64-62(65-55)37-15-4-3-5-16-37)46-30-29-42(44-21-8-9-22-45(44)46)40-19-12-20-41(31-40)43-24-14-28-57-61(43)51-35-58-49(34-59(51)67-57)47-23-10-11-27-56(47)66-58/h3-36H,1-2H3. The first-order valence-electron chi connectivity index (χ1n) is 23.0. The van der Waals surface area contributed by atoms with Crippen LogP contribution in [0.2, 0.25) is 0 Å². The van der Waals surface area contributed by atoms with Crippen LogP contribution in [0.3, 0.4) is 0 Å². The zero-order valence-electron chi connectivity index (χ0n) is 36.8. The van der Waals surface area contributed by atoms with Crippen molar-refractivity contribution in [2.24, 2.45) is 0 Å². The SMILES string of the molecule is CC1(C)c2cc3ccccc3cc2-c2c(-c3cc(-c4ccc(-c5cccc(-c6cccc7oc8cc9c(cc8c67)oc6ccccc69)c5)c5ccccc45)nc(-c4ccccc4)n3)cccc21. The fraction of sp³-hybridized carbons (Fsp3) is 0.0476. The molecule has 3 heterocycles. The van der Waals surface area contributed by atoms with E-state index in [1.165, 1.54) is 33.0 Å². The van der Waals surface area contributed by atoms with E-state index in [0.717, 1.165) is 105 Å². The molecule has 4 heteroatoms. The third-order valence-corrected chi connectivity index (χ3v) is 14.3. The Morgan fingerprint density at radius 1 is 0.343 bits per heavy atom. The molecule has 0 unspecified atom stereocenters. The summed E-state index contributed by atoms with van der Waals surface area (Å²) in [5.41, 5.74) is 17.9. The summed E-state index contributed by atoms with van der Waals surface area (Å²) in [5.74, 6) is 0.699. The third-order valence-electron chi connectivity index (χ3n) is 14.3. The lowest BCUT2D eigenvalue weighted by Gasteiger charge is -2.22. The average Bonchev–Trinajstić information content (AvgIpc) is 4.01. The van der Waals surface area contributed by atoms with Gasteiger partial charge in [-0.3, -0.25) is 0 Å². The van der Waals surface area contributed by atoms with Crippen molar-refractivity contribution >= 4 is 65.4 Å². The molecule has 314 valence electrons. The van der Waals surface area contributed by atoms with Crippen molar-refractivity contribution < 1.29 is 8.83 Å². The van der Waals surface area contributed by atoms with Crippen LogP contribution < -0.4 is 0 Å². The van der Waals surface area contributed by atoms with Gasteiger partial charge in [-0.1, -0.05) is 172 Å². The minimum absolute atomic E-state index is 0.173. The smallest absolute Gasteiger partial charge is 0.160 e. The molecule has 10 aromatic carbocycles. The zero-order chi connectivity index (χ0) is 44.4. The highest BCUT2D eigenvalue weighted by atomic mass is 16.3. The normalized spacial score (nSPS) is 13.0. The van der Waals surface area contributed by atoms with Gasteiger partial charge in [0.25, 0.3) is 0 Å². The van der Waals surface area contributed by atoms with Gasteiger partial charge in [0, 0.05) is 43.7 Å². The number of para-hydroxylation sites is 1. The Morgan fingerprint density at radius 2 is 0.925 bits per heavy atom. The summed E-state index contributed by atoms with van der Waals surface area (Å²) in [7, 11) is 0. The van der Waals surface area contributed by atoms with E-state index >= 15 is 0 Å². The highest BCUT2D eigenvalue weighted by Crippen LogP contribution is 2.53. The Labute approximate surface area is 386 Å². The molecule has 0 N–H and O–H groups in total. The molecule has 4 nitrogen and oxygen atoms in total. The predicted octanol–water partition coefficient (Wildman–Crippen LogP) is 17.2. The number of aromatic nitrogens is 2. The van der Waals surface area contributed by atoms with E-state index in [-0.39, 0.29) is 5.41 Å². The molecule has 67 heavy (non-hydrogen) atoms. The van der Waals surface area contributed by atoms with Crippen molar-refractivity contribution in [2.75, 3.05) is 0 Å². The number of hydrogen-bond donors (Lipinski definition) is 0. The maximum atomic E-state index is 6.55. The topological polar surface area (TPSA) is 52.1 Å². The number of hydrogen-bond acceptors (Lipinski definition) is 4. The molecule has 0 atom stereocenters. The maximum absolute atomic E-state index is 6.55. The first kappa shape index (κ1) is 37.7. The van der Waals surface area contributed by atoms with Gasteiger partial charge in [-0.05, 0) is 115 Å². The van der Waals surface area contributed by atoms with Gasteiger partial charge in [0.2, 0.25) is 0 Å². The summed E-state index contributed by atoms with van der Waals surface area (Å²) in [4.78, 5) is 10.7. The molecule has 0 amide bonds. The molecular weight excluding hydrogens is 817 g/mol. The van der Waals surface area contributed by atoms with Gasteiger partial charge in [-0.25, -0.2) is 9.97 Å². The van der Waals surface area contributed by atoms with Crippen LogP contribution >= 0.6 is 0 Å². The Morgan fingerprint density at radius 3 is 1.76 bits per heavy atom. The maximum Gasteiger partial charge on any atom is 0.160 e. The molecule has 13 aromatic rings. The van der Waals surface area contributed by atoms with E-state index in [1.807, 2.05) is 24.3 Å². The molecular formula is C63H40N2O2. The molecule has 3 aromatic heterocycles. The highest BCUT2D eigenvalue weighted by molar-refractivity contribution is 6.18. The lowest BCUT2D eigenvalue weighted by molar-refractivity contribution is 0.661. The highest BCUT2D eigenvalue weighted by Gasteiger charge is 2.37. The lowest BCUT2D eigenvalue weighted by atomic mass is 9.81. The lowest BCUT2D eigenvalue weighted by Crippen LogP contribution is -2.14. The van der Waals surface area contributed by atoms with Crippen LogP contribution in [-0.2, 0) is 5.41 Å². The van der Waals surface area contributed by atoms with Crippen molar-refractivity contribution in [3.8, 4) is 67.3 Å². The van der Waals surface area contributed by atoms with Crippen molar-refractivity contribution in [3.63, 3.8) is 0 Å². The van der Waals surface area contributed by atoms with E-state index < -0.39 is 0 Å². The molecule has 0 spiro atoms. The minimum Gasteiger partial charge on any atom is -0.456 e. The Bertz CT molecular complexity index is 4190. The molecule has 0 bridgehead atoms. The molecule has 0 saturated carbocycles. The van der Waals surface area contributed by atoms with Gasteiger partial charge >= 0.3 is 0 Å². The monoisotopic (exact) mass is 856 g/mol. The van der Waals surface area contributed by atoms with Gasteiger partial charge in [0.15, 0.2) is 5.82 Å². The van der Waals surface area contributed by atoms with E-state index in [4.69, 9.17) is 18.8 Å². The summed E-state index contributed by atoms with van der Waals surface area (Å²) in [5, 5.41) is 9.05. The molecule has 14 rings (SSSR count). The van der Waals surface area contributed by atoms with Gasteiger partial charge in [-0.15, -0.1) is 0 Å². The third kappa shape index (κ3) is 5.73. The quantitative estimate of drug-likeness (QED) is 0.173. The van der Waals surface area contributed by atoms with Crippen LogP contribution in [0.1, 0.15) is 25.0 Å². The predicted molar refractivity (Wildman–Crippen MR) is 276 cm³/mol. The summed E-state index contributed by atoms with van der Waals surface area (Å²) >= 11 is 0. The zero-order valence-corrected chi connectivity index (χ0v) is 36.8. The summed E-state index contributed by atoms with van der Waals surface area (Å²) in [6.45, 7) is 4.69. The number of fused-ring (bicyclic) bond motifs is 11. The van der Waals surface area contributed by atoms with Crippen molar-refractivity contribution in [3.05, 3.63) is 217 Å². The number of benzene rings is 10. The van der Waals surface area contributed by atoms with Crippen LogP contribution in [0, 0.1) is 0 Å². The van der Waals surface area contributed by atoms with Crippen molar-refractivity contribution in [2.45, 2.75) is 19.3 Å². The molecule has 0 radical (unpaired) electrons. The van der Waals surface area contributed by atoms with E-state index in [2.05, 4.69) is 196 Å². The van der Waals surface area contributed by atoms with Gasteiger partial charge in [0.05, 0.1) is 11.4 Å². The van der Waals surface area contributed by atoms with Crippen LogP contribution in [0.4, 0.5) is 0 Å². The summed E-state index contributed by atoms with van der Waals surface area (Å²) in [6.07, 6.45) is 0. The molecule has 1 aliphatic rings. The van der Waals surface area contributed by atoms with Gasteiger partial charge < -0.3 is 8.83 Å². The number of nitrogens with zero attached hydrogens (tertiary/aromatic N) is 2. The Balaban J connectivity index is 0.921. The summed E-state index contributed by atoms with van der Waals surface area (Å²) in [6, 6.07) is 73.6. The fourth-order valence-electron chi connectivity index (χ4n) is 11.0. The fourth-order valence-corrected chi connectivity index (χ4v) is 11.0. The minimum atomic E-state index is -0.173. The molecule has 1 aliphatic carbocycles. The number of rotatable bonds is 5. The van der Waals surface area contributed by atoms with Crippen molar-refractivity contribution in [1.82, 2.24) is 9.97 Å². The average molecular weight is 857 g/mol. The molecule has 0 fully saturated rings. The Hall–Kier alpha value is -8.60. The second-order valence-corrected chi connectivity index (χ2v) is 18.4. The van der Waals surface area contributed by atoms with E-state index in [1.54, 1.807) is 0 Å². The first-order chi connectivity index (χ1) is 32.9. The summed E-state index contributed by atoms with van der Waals surface area (Å²) < 4.78 is 12.9.